The summed E-state index contributed by atoms with van der Waals surface area (Å²) in [5, 5.41) is 0. The highest BCUT2D eigenvalue weighted by Crippen LogP contribution is 2.25. The fraction of sp³-hybridized carbons (Fsp3) is 0.471. The maximum Gasteiger partial charge on any atom is 0.271 e. The zero-order valence-corrected chi connectivity index (χ0v) is 15.0. The van der Waals surface area contributed by atoms with Crippen LogP contribution in [0.25, 0.3) is 0 Å². The van der Waals surface area contributed by atoms with Gasteiger partial charge in [0.25, 0.3) is 5.91 Å². The summed E-state index contributed by atoms with van der Waals surface area (Å²) in [6, 6.07) is 6.72. The number of hydrazine groups is 1. The average molecular weight is 379 g/mol. The molecule has 2 aliphatic rings. The first kappa shape index (κ1) is 18.4. The van der Waals surface area contributed by atoms with Crippen LogP contribution in [-0.4, -0.2) is 44.2 Å². The first-order chi connectivity index (χ1) is 12.4. The second-order valence-electron chi connectivity index (χ2n) is 6.64. The Kier molecular flexibility index (Phi) is 5.26. The Balaban J connectivity index is 1.59. The molecule has 2 N–H and O–H groups in total. The molecule has 1 atom stereocenters. The summed E-state index contributed by atoms with van der Waals surface area (Å²) in [6.07, 6.45) is 1.71. The van der Waals surface area contributed by atoms with E-state index in [9.17, 15) is 22.8 Å². The summed E-state index contributed by atoms with van der Waals surface area (Å²) < 4.78 is 22.9. The third-order valence-corrected chi connectivity index (χ3v) is 6.47. The average Bonchev–Trinajstić information content (AvgIpc) is 3.17. The van der Waals surface area contributed by atoms with Gasteiger partial charge < -0.3 is 4.90 Å². The molecule has 0 saturated carbocycles. The lowest BCUT2D eigenvalue weighted by atomic mass is 10.1. The van der Waals surface area contributed by atoms with Crippen LogP contribution in [-0.2, 0) is 19.4 Å². The fourth-order valence-corrected chi connectivity index (χ4v) is 5.21. The molecule has 0 unspecified atom stereocenters. The Morgan fingerprint density at radius 1 is 1.19 bits per heavy atom. The van der Waals surface area contributed by atoms with E-state index in [0.717, 1.165) is 6.42 Å². The molecule has 8 nitrogen and oxygen atoms in total. The molecule has 2 fully saturated rings. The van der Waals surface area contributed by atoms with Crippen LogP contribution >= 0.6 is 0 Å². The zero-order chi connectivity index (χ0) is 18.7. The Bertz CT molecular complexity index is 837. The number of amides is 3. The zero-order valence-electron chi connectivity index (χ0n) is 14.2. The first-order valence-corrected chi connectivity index (χ1v) is 10.4. The molecule has 0 radical (unpaired) electrons. The number of hydrogen-bond donors (Lipinski definition) is 2. The number of sulfone groups is 1. The maximum absolute atomic E-state index is 12.4. The molecule has 9 heteroatoms. The van der Waals surface area contributed by atoms with Gasteiger partial charge in [0.15, 0.2) is 9.84 Å². The van der Waals surface area contributed by atoms with Gasteiger partial charge in [-0.3, -0.25) is 25.2 Å². The van der Waals surface area contributed by atoms with Crippen molar-refractivity contribution in [3.8, 4) is 0 Å². The van der Waals surface area contributed by atoms with Gasteiger partial charge in [-0.2, -0.15) is 0 Å². The van der Waals surface area contributed by atoms with Crippen molar-refractivity contribution < 1.29 is 22.8 Å². The molecule has 3 amide bonds. The van der Waals surface area contributed by atoms with E-state index >= 15 is 0 Å². The van der Waals surface area contributed by atoms with Gasteiger partial charge in [-0.1, -0.05) is 12.1 Å². The molecule has 2 aliphatic heterocycles. The summed E-state index contributed by atoms with van der Waals surface area (Å²) in [4.78, 5) is 37.9. The van der Waals surface area contributed by atoms with E-state index in [1.807, 2.05) is 0 Å². The monoisotopic (exact) mass is 379 g/mol. The number of carbonyl (C=O) groups is 3. The molecule has 0 aliphatic carbocycles. The van der Waals surface area contributed by atoms with Crippen molar-refractivity contribution in [3.63, 3.8) is 0 Å². The summed E-state index contributed by atoms with van der Waals surface area (Å²) in [5.74, 6) is -1.09. The van der Waals surface area contributed by atoms with Crippen molar-refractivity contribution in [2.45, 2.75) is 25.7 Å². The van der Waals surface area contributed by atoms with E-state index in [-0.39, 0.29) is 29.8 Å². The number of nitrogens with one attached hydrogen (secondary N) is 2. The highest BCUT2D eigenvalue weighted by Gasteiger charge is 2.30. The predicted molar refractivity (Wildman–Crippen MR) is 95.0 cm³/mol. The Morgan fingerprint density at radius 3 is 2.62 bits per heavy atom. The lowest BCUT2D eigenvalue weighted by molar-refractivity contribution is -0.122. The molecule has 1 aromatic rings. The van der Waals surface area contributed by atoms with Gasteiger partial charge in [-0.25, -0.2) is 8.42 Å². The Hall–Kier alpha value is -2.42. The van der Waals surface area contributed by atoms with Crippen LogP contribution in [0.3, 0.4) is 0 Å². The normalized spacial score (nSPS) is 21.6. The summed E-state index contributed by atoms with van der Waals surface area (Å²) in [6.45, 7) is 0.561. The summed E-state index contributed by atoms with van der Waals surface area (Å²) in [7, 11) is -3.04. The van der Waals surface area contributed by atoms with Gasteiger partial charge in [0, 0.05) is 19.4 Å². The van der Waals surface area contributed by atoms with Crippen LogP contribution in [0, 0.1) is 5.92 Å². The molecular weight excluding hydrogens is 358 g/mol. The molecule has 0 aromatic heterocycles. The largest absolute Gasteiger partial charge is 0.312 e. The number of carbonyl (C=O) groups excluding carboxylic acids is 3. The van der Waals surface area contributed by atoms with E-state index < -0.39 is 21.7 Å². The smallest absolute Gasteiger partial charge is 0.271 e. The summed E-state index contributed by atoms with van der Waals surface area (Å²) >= 11 is 0. The van der Waals surface area contributed by atoms with Crippen LogP contribution in [0.2, 0.25) is 0 Å². The minimum atomic E-state index is -3.04. The van der Waals surface area contributed by atoms with Crippen molar-refractivity contribution in [1.82, 2.24) is 10.9 Å². The van der Waals surface area contributed by atoms with Gasteiger partial charge in [0.2, 0.25) is 11.8 Å². The van der Waals surface area contributed by atoms with Gasteiger partial charge >= 0.3 is 0 Å². The quantitative estimate of drug-likeness (QED) is 0.736. The number of rotatable bonds is 4. The van der Waals surface area contributed by atoms with Crippen molar-refractivity contribution in [1.29, 1.82) is 0 Å². The number of nitrogens with zero attached hydrogens (tertiary/aromatic N) is 1. The van der Waals surface area contributed by atoms with E-state index in [2.05, 4.69) is 10.9 Å². The second-order valence-corrected chi connectivity index (χ2v) is 8.87. The van der Waals surface area contributed by atoms with Crippen LogP contribution in [0.15, 0.2) is 24.3 Å². The van der Waals surface area contributed by atoms with E-state index in [0.29, 0.717) is 30.6 Å². The Morgan fingerprint density at radius 2 is 1.96 bits per heavy atom. The maximum atomic E-state index is 12.4. The predicted octanol–water partition coefficient (Wildman–Crippen LogP) is 0.399. The topological polar surface area (TPSA) is 113 Å². The molecule has 2 heterocycles. The van der Waals surface area contributed by atoms with Crippen LogP contribution in [0.1, 0.15) is 36.0 Å². The molecule has 3 rings (SSSR count). The highest BCUT2D eigenvalue weighted by molar-refractivity contribution is 7.91. The van der Waals surface area contributed by atoms with Gasteiger partial charge in [0.05, 0.1) is 22.8 Å². The number of para-hydroxylation sites is 1. The minimum absolute atomic E-state index is 0.00821. The van der Waals surface area contributed by atoms with Crippen molar-refractivity contribution in [2.75, 3.05) is 23.0 Å². The van der Waals surface area contributed by atoms with Crippen LogP contribution in [0.5, 0.6) is 0 Å². The third-order valence-electron chi connectivity index (χ3n) is 4.63. The van der Waals surface area contributed by atoms with Gasteiger partial charge in [-0.05, 0) is 30.9 Å². The standard InChI is InChI=1S/C17H21N3O5S/c21-15(10-12-7-9-26(24,25)11-12)18-19-17(23)13-4-1-2-5-14(13)20-8-3-6-16(20)22/h1-2,4-5,12H,3,6-11H2,(H,18,21)(H,19,23)/t12-/m0/s1. The summed E-state index contributed by atoms with van der Waals surface area (Å²) in [5.41, 5.74) is 5.49. The van der Waals surface area contributed by atoms with Crippen LogP contribution < -0.4 is 15.8 Å². The van der Waals surface area contributed by atoms with Crippen molar-refractivity contribution in [2.24, 2.45) is 5.92 Å². The van der Waals surface area contributed by atoms with E-state index in [4.69, 9.17) is 0 Å². The van der Waals surface area contributed by atoms with Crippen molar-refractivity contribution in [3.05, 3.63) is 29.8 Å². The van der Waals surface area contributed by atoms with E-state index in [1.165, 1.54) is 0 Å². The van der Waals surface area contributed by atoms with Gasteiger partial charge in [-0.15, -0.1) is 0 Å². The molecule has 140 valence electrons. The molecule has 1 aromatic carbocycles. The fourth-order valence-electron chi connectivity index (χ4n) is 3.34. The van der Waals surface area contributed by atoms with E-state index in [1.54, 1.807) is 29.2 Å². The highest BCUT2D eigenvalue weighted by atomic mass is 32.2. The lowest BCUT2D eigenvalue weighted by Gasteiger charge is -2.19. The first-order valence-electron chi connectivity index (χ1n) is 8.55. The SMILES string of the molecule is O=C(C[C@@H]1CCS(=O)(=O)C1)NNC(=O)c1ccccc1N1CCCC1=O. The number of anilines is 1. The second kappa shape index (κ2) is 7.45. The van der Waals surface area contributed by atoms with Crippen molar-refractivity contribution >= 4 is 33.2 Å². The lowest BCUT2D eigenvalue weighted by Crippen LogP contribution is -2.43. The minimum Gasteiger partial charge on any atom is -0.312 e. The molecule has 26 heavy (non-hydrogen) atoms. The van der Waals surface area contributed by atoms with Crippen LogP contribution in [0.4, 0.5) is 5.69 Å². The third kappa shape index (κ3) is 4.21. The number of hydrogen-bond acceptors (Lipinski definition) is 5. The van der Waals surface area contributed by atoms with Gasteiger partial charge in [0.1, 0.15) is 0 Å². The Labute approximate surface area is 151 Å². The number of benzene rings is 1. The molecular formula is C17H21N3O5S. The molecule has 2 saturated heterocycles. The molecule has 0 spiro atoms. The molecule has 0 bridgehead atoms.